The van der Waals surface area contributed by atoms with Crippen LogP contribution in [0.25, 0.3) is 22.3 Å². The van der Waals surface area contributed by atoms with Crippen LogP contribution in [0.2, 0.25) is 0 Å². The number of aryl methyl sites for hydroxylation is 1. The third-order valence-corrected chi connectivity index (χ3v) is 2.83. The average Bonchev–Trinajstić information content (AvgIpc) is 2.40. The molecular formula is C15H11NO2. The summed E-state index contributed by atoms with van der Waals surface area (Å²) >= 11 is 0. The first-order valence-electron chi connectivity index (χ1n) is 5.69. The molecule has 0 aliphatic carbocycles. The molecule has 0 saturated carbocycles. The minimum absolute atomic E-state index is 0.0289. The van der Waals surface area contributed by atoms with Crippen LogP contribution in [-0.4, -0.2) is 4.98 Å². The van der Waals surface area contributed by atoms with Gasteiger partial charge in [0.2, 0.25) is 0 Å². The fourth-order valence-corrected chi connectivity index (χ4v) is 1.92. The van der Waals surface area contributed by atoms with Crippen molar-refractivity contribution in [1.29, 1.82) is 0 Å². The van der Waals surface area contributed by atoms with E-state index in [-0.39, 0.29) is 5.43 Å². The molecule has 3 heteroatoms. The molecule has 3 aromatic rings. The van der Waals surface area contributed by atoms with E-state index < -0.39 is 0 Å². The summed E-state index contributed by atoms with van der Waals surface area (Å²) in [5, 5.41) is 0.614. The summed E-state index contributed by atoms with van der Waals surface area (Å²) in [4.78, 5) is 16.1. The molecule has 0 aliphatic rings. The van der Waals surface area contributed by atoms with Crippen molar-refractivity contribution in [2.24, 2.45) is 0 Å². The Morgan fingerprint density at radius 1 is 1.17 bits per heavy atom. The van der Waals surface area contributed by atoms with Crippen LogP contribution in [0, 0.1) is 6.92 Å². The maximum absolute atomic E-state index is 12.0. The molecule has 0 saturated heterocycles. The summed E-state index contributed by atoms with van der Waals surface area (Å²) in [7, 11) is 0. The Bertz CT molecular complexity index is 760. The third kappa shape index (κ3) is 1.80. The Kier molecular flexibility index (Phi) is 2.45. The molecule has 3 nitrogen and oxygen atoms in total. The minimum atomic E-state index is -0.0289. The van der Waals surface area contributed by atoms with Crippen molar-refractivity contribution in [2.45, 2.75) is 6.92 Å². The smallest absolute Gasteiger partial charge is 0.193 e. The van der Waals surface area contributed by atoms with Crippen molar-refractivity contribution >= 4 is 11.0 Å². The number of hydrogen-bond acceptors (Lipinski definition) is 3. The molecule has 0 unspecified atom stereocenters. The first-order chi connectivity index (χ1) is 8.74. The molecule has 1 aromatic carbocycles. The van der Waals surface area contributed by atoms with Gasteiger partial charge in [-0.15, -0.1) is 0 Å². The molecule has 0 aliphatic heterocycles. The highest BCUT2D eigenvalue weighted by Gasteiger charge is 2.06. The van der Waals surface area contributed by atoms with Gasteiger partial charge in [-0.05, 0) is 31.2 Å². The molecule has 2 aromatic heterocycles. The molecule has 0 N–H and O–H groups in total. The van der Waals surface area contributed by atoms with Crippen LogP contribution in [0.4, 0.5) is 0 Å². The first kappa shape index (κ1) is 10.7. The molecule has 88 valence electrons. The second-order valence-electron chi connectivity index (χ2n) is 4.22. The zero-order valence-electron chi connectivity index (χ0n) is 9.88. The van der Waals surface area contributed by atoms with Gasteiger partial charge in [0.15, 0.2) is 5.43 Å². The lowest BCUT2D eigenvalue weighted by Gasteiger charge is -2.03. The highest BCUT2D eigenvalue weighted by Crippen LogP contribution is 2.21. The van der Waals surface area contributed by atoms with Crippen molar-refractivity contribution in [3.8, 4) is 11.3 Å². The Morgan fingerprint density at radius 3 is 2.83 bits per heavy atom. The number of hydrogen-bond donors (Lipinski definition) is 0. The molecule has 0 spiro atoms. The highest BCUT2D eigenvalue weighted by molar-refractivity contribution is 5.79. The first-order valence-corrected chi connectivity index (χ1v) is 5.69. The van der Waals surface area contributed by atoms with E-state index in [0.29, 0.717) is 16.7 Å². The van der Waals surface area contributed by atoms with E-state index in [1.165, 1.54) is 6.07 Å². The van der Waals surface area contributed by atoms with Crippen LogP contribution in [0.5, 0.6) is 0 Å². The van der Waals surface area contributed by atoms with Gasteiger partial charge in [0.05, 0.1) is 5.39 Å². The van der Waals surface area contributed by atoms with Crippen LogP contribution in [0.1, 0.15) is 5.56 Å². The summed E-state index contributed by atoms with van der Waals surface area (Å²) in [5.41, 5.74) is 2.42. The third-order valence-electron chi connectivity index (χ3n) is 2.83. The lowest BCUT2D eigenvalue weighted by Crippen LogP contribution is -2.00. The normalized spacial score (nSPS) is 10.7. The molecule has 0 amide bonds. The number of fused-ring (bicyclic) bond motifs is 1. The van der Waals surface area contributed by atoms with Crippen molar-refractivity contribution in [2.75, 3.05) is 0 Å². The van der Waals surface area contributed by atoms with Crippen LogP contribution < -0.4 is 5.43 Å². The van der Waals surface area contributed by atoms with Gasteiger partial charge in [0.25, 0.3) is 0 Å². The molecule has 3 rings (SSSR count). The number of benzene rings is 1. The van der Waals surface area contributed by atoms with Gasteiger partial charge in [-0.1, -0.05) is 11.6 Å². The molecule has 0 bridgehead atoms. The quantitative estimate of drug-likeness (QED) is 0.653. The van der Waals surface area contributed by atoms with E-state index in [2.05, 4.69) is 4.98 Å². The second-order valence-corrected chi connectivity index (χ2v) is 4.22. The Morgan fingerprint density at radius 2 is 2.06 bits per heavy atom. The van der Waals surface area contributed by atoms with Gasteiger partial charge in [0.1, 0.15) is 11.3 Å². The van der Waals surface area contributed by atoms with Crippen molar-refractivity contribution in [1.82, 2.24) is 4.98 Å². The van der Waals surface area contributed by atoms with Crippen LogP contribution in [-0.2, 0) is 0 Å². The predicted molar refractivity (Wildman–Crippen MR) is 70.5 cm³/mol. The molecule has 0 radical (unpaired) electrons. The standard InChI is InChI=1S/C15H11NO2/c1-10-4-5-14-12(7-10)13(17)8-15(18-14)11-3-2-6-16-9-11/h2-9H,1H3. The van der Waals surface area contributed by atoms with Gasteiger partial charge in [-0.25, -0.2) is 0 Å². The molecule has 0 fully saturated rings. The van der Waals surface area contributed by atoms with E-state index in [1.807, 2.05) is 37.3 Å². The summed E-state index contributed by atoms with van der Waals surface area (Å²) in [5.74, 6) is 0.546. The van der Waals surface area contributed by atoms with Gasteiger partial charge in [-0.2, -0.15) is 0 Å². The summed E-state index contributed by atoms with van der Waals surface area (Å²) < 4.78 is 5.74. The zero-order chi connectivity index (χ0) is 12.5. The lowest BCUT2D eigenvalue weighted by molar-refractivity contribution is 0.618. The maximum Gasteiger partial charge on any atom is 0.193 e. The molecular weight excluding hydrogens is 226 g/mol. The molecule has 0 atom stereocenters. The van der Waals surface area contributed by atoms with Gasteiger partial charge in [0, 0.05) is 24.0 Å². The molecule has 18 heavy (non-hydrogen) atoms. The summed E-state index contributed by atoms with van der Waals surface area (Å²) in [6.45, 7) is 1.95. The topological polar surface area (TPSA) is 43.1 Å². The maximum atomic E-state index is 12.0. The van der Waals surface area contributed by atoms with Crippen LogP contribution >= 0.6 is 0 Å². The van der Waals surface area contributed by atoms with E-state index in [1.54, 1.807) is 12.4 Å². The van der Waals surface area contributed by atoms with Crippen LogP contribution in [0.3, 0.4) is 0 Å². The second kappa shape index (κ2) is 4.11. The SMILES string of the molecule is Cc1ccc2oc(-c3cccnc3)cc(=O)c2c1. The lowest BCUT2D eigenvalue weighted by atomic mass is 10.1. The fourth-order valence-electron chi connectivity index (χ4n) is 1.92. The van der Waals surface area contributed by atoms with E-state index in [4.69, 9.17) is 4.42 Å². The Balaban J connectivity index is 2.29. The van der Waals surface area contributed by atoms with E-state index in [9.17, 15) is 4.79 Å². The monoisotopic (exact) mass is 237 g/mol. The van der Waals surface area contributed by atoms with Crippen LogP contribution in [0.15, 0.2) is 58.0 Å². The summed E-state index contributed by atoms with van der Waals surface area (Å²) in [6.07, 6.45) is 3.37. The van der Waals surface area contributed by atoms with Gasteiger partial charge >= 0.3 is 0 Å². The van der Waals surface area contributed by atoms with Crippen molar-refractivity contribution in [3.05, 3.63) is 64.6 Å². The summed E-state index contributed by atoms with van der Waals surface area (Å²) in [6, 6.07) is 10.8. The van der Waals surface area contributed by atoms with E-state index in [0.717, 1.165) is 11.1 Å². The zero-order valence-corrected chi connectivity index (χ0v) is 9.88. The number of pyridine rings is 1. The Hall–Kier alpha value is -2.42. The highest BCUT2D eigenvalue weighted by atomic mass is 16.3. The molecule has 2 heterocycles. The van der Waals surface area contributed by atoms with Gasteiger partial charge in [-0.3, -0.25) is 9.78 Å². The predicted octanol–water partition coefficient (Wildman–Crippen LogP) is 3.16. The van der Waals surface area contributed by atoms with Gasteiger partial charge < -0.3 is 4.42 Å². The van der Waals surface area contributed by atoms with Crippen molar-refractivity contribution < 1.29 is 4.42 Å². The van der Waals surface area contributed by atoms with E-state index >= 15 is 0 Å². The number of rotatable bonds is 1. The number of nitrogens with zero attached hydrogens (tertiary/aromatic N) is 1. The minimum Gasteiger partial charge on any atom is -0.456 e. The number of aromatic nitrogens is 1. The Labute approximate surface area is 104 Å². The van der Waals surface area contributed by atoms with Crippen molar-refractivity contribution in [3.63, 3.8) is 0 Å². The fraction of sp³-hybridized carbons (Fsp3) is 0.0667. The average molecular weight is 237 g/mol. The largest absolute Gasteiger partial charge is 0.456 e.